The first-order valence-corrected chi connectivity index (χ1v) is 10.6. The van der Waals surface area contributed by atoms with Gasteiger partial charge < -0.3 is 13.8 Å². The van der Waals surface area contributed by atoms with E-state index in [1.807, 2.05) is 0 Å². The molecule has 0 saturated heterocycles. The fourth-order valence-electron chi connectivity index (χ4n) is 3.91. The number of aromatic nitrogens is 6. The Labute approximate surface area is 196 Å². The number of carbonyl (C=O) groups is 1. The Morgan fingerprint density at radius 1 is 1.14 bits per heavy atom. The third kappa shape index (κ3) is 3.68. The fourth-order valence-corrected chi connectivity index (χ4v) is 3.91. The van der Waals surface area contributed by atoms with Gasteiger partial charge >= 0.3 is 11.7 Å². The van der Waals surface area contributed by atoms with E-state index in [9.17, 15) is 18.8 Å². The minimum absolute atomic E-state index is 0.0731. The van der Waals surface area contributed by atoms with E-state index in [1.54, 1.807) is 25.1 Å². The average Bonchev–Trinajstić information content (AvgIpc) is 3.45. The highest BCUT2D eigenvalue weighted by Gasteiger charge is 2.21. The molecule has 0 bridgehead atoms. The molecule has 0 aliphatic heterocycles. The van der Waals surface area contributed by atoms with Crippen molar-refractivity contribution in [2.75, 3.05) is 6.61 Å². The molecule has 5 rings (SSSR count). The number of benzene rings is 1. The zero-order valence-electron chi connectivity index (χ0n) is 19.0. The monoisotopic (exact) mass is 478 g/mol. The van der Waals surface area contributed by atoms with Gasteiger partial charge in [0.05, 0.1) is 35.2 Å². The molecule has 0 N–H and O–H groups in total. The molecule has 0 unspecified atom stereocenters. The van der Waals surface area contributed by atoms with Crippen molar-refractivity contribution in [2.24, 2.45) is 14.1 Å². The SMILES string of the molecule is Cc1noc2nc(-c3ccc(F)cc3)cc(C(=O)OCCn3cnc4c3c(=O)n(C)c(=O)n4C)c12. The maximum absolute atomic E-state index is 13.3. The zero-order valence-corrected chi connectivity index (χ0v) is 19.0. The van der Waals surface area contributed by atoms with Crippen LogP contribution in [-0.4, -0.2) is 41.4 Å². The van der Waals surface area contributed by atoms with Crippen LogP contribution in [0.3, 0.4) is 0 Å². The molecule has 5 aromatic rings. The second kappa shape index (κ2) is 8.31. The van der Waals surface area contributed by atoms with Crippen molar-refractivity contribution in [1.29, 1.82) is 0 Å². The van der Waals surface area contributed by atoms with Crippen molar-refractivity contribution in [3.05, 3.63) is 74.6 Å². The number of hydrogen-bond donors (Lipinski definition) is 0. The molecule has 0 fully saturated rings. The number of esters is 1. The number of halogens is 1. The van der Waals surface area contributed by atoms with Gasteiger partial charge in [-0.2, -0.15) is 0 Å². The van der Waals surface area contributed by atoms with Crippen LogP contribution in [0.5, 0.6) is 0 Å². The van der Waals surface area contributed by atoms with E-state index >= 15 is 0 Å². The van der Waals surface area contributed by atoms with Crippen LogP contribution in [-0.2, 0) is 25.4 Å². The van der Waals surface area contributed by atoms with Gasteiger partial charge in [-0.25, -0.2) is 23.9 Å². The van der Waals surface area contributed by atoms with Gasteiger partial charge in [-0.3, -0.25) is 13.9 Å². The number of ether oxygens (including phenoxy) is 1. The molecule has 35 heavy (non-hydrogen) atoms. The predicted molar refractivity (Wildman–Crippen MR) is 122 cm³/mol. The lowest BCUT2D eigenvalue weighted by Crippen LogP contribution is -2.37. The molecule has 4 heterocycles. The van der Waals surface area contributed by atoms with Crippen LogP contribution in [0.25, 0.3) is 33.5 Å². The lowest BCUT2D eigenvalue weighted by atomic mass is 10.1. The number of hydrogen-bond acceptors (Lipinski definition) is 8. The standard InChI is InChI=1S/C23H19FN6O5/c1-12-17-15(10-16(26-20(17)35-27-12)13-4-6-14(24)7-5-13)22(32)34-9-8-30-11-25-19-18(30)21(31)29(3)23(33)28(19)2/h4-7,10-11H,8-9H2,1-3H3. The first kappa shape index (κ1) is 22.2. The molecule has 0 aliphatic carbocycles. The minimum Gasteiger partial charge on any atom is -0.460 e. The average molecular weight is 478 g/mol. The summed E-state index contributed by atoms with van der Waals surface area (Å²) in [6.45, 7) is 1.74. The number of aryl methyl sites for hydroxylation is 2. The van der Waals surface area contributed by atoms with Crippen LogP contribution >= 0.6 is 0 Å². The number of fused-ring (bicyclic) bond motifs is 2. The zero-order chi connectivity index (χ0) is 24.9. The highest BCUT2D eigenvalue weighted by atomic mass is 19.1. The molecule has 0 spiro atoms. The highest BCUT2D eigenvalue weighted by Crippen LogP contribution is 2.27. The van der Waals surface area contributed by atoms with Gasteiger partial charge in [0.15, 0.2) is 11.2 Å². The quantitative estimate of drug-likeness (QED) is 0.351. The third-order valence-corrected chi connectivity index (χ3v) is 5.76. The Kier molecular flexibility index (Phi) is 5.27. The number of imidazole rings is 1. The van der Waals surface area contributed by atoms with Crippen LogP contribution in [0.4, 0.5) is 4.39 Å². The van der Waals surface area contributed by atoms with Gasteiger partial charge in [0.2, 0.25) is 0 Å². The van der Waals surface area contributed by atoms with Gasteiger partial charge in [-0.15, -0.1) is 0 Å². The van der Waals surface area contributed by atoms with E-state index in [1.165, 1.54) is 41.7 Å². The molecule has 0 aliphatic rings. The van der Waals surface area contributed by atoms with Crippen LogP contribution in [0.1, 0.15) is 16.1 Å². The van der Waals surface area contributed by atoms with E-state index in [-0.39, 0.29) is 35.6 Å². The minimum atomic E-state index is -0.642. The molecule has 11 nitrogen and oxygen atoms in total. The topological polar surface area (TPSA) is 127 Å². The summed E-state index contributed by atoms with van der Waals surface area (Å²) < 4.78 is 27.9. The van der Waals surface area contributed by atoms with Crippen molar-refractivity contribution >= 4 is 28.2 Å². The molecule has 12 heteroatoms. The third-order valence-electron chi connectivity index (χ3n) is 5.76. The van der Waals surface area contributed by atoms with Gasteiger partial charge in [0.25, 0.3) is 11.3 Å². The van der Waals surface area contributed by atoms with Crippen LogP contribution in [0.15, 0.2) is 50.8 Å². The fraction of sp³-hybridized carbons (Fsp3) is 0.217. The first-order valence-electron chi connectivity index (χ1n) is 10.6. The molecule has 0 radical (unpaired) electrons. The highest BCUT2D eigenvalue weighted by molar-refractivity contribution is 6.04. The summed E-state index contributed by atoms with van der Waals surface area (Å²) in [6, 6.07) is 7.21. The summed E-state index contributed by atoms with van der Waals surface area (Å²) >= 11 is 0. The molecular weight excluding hydrogens is 459 g/mol. The largest absolute Gasteiger partial charge is 0.460 e. The van der Waals surface area contributed by atoms with E-state index in [2.05, 4.69) is 15.1 Å². The van der Waals surface area contributed by atoms with Crippen molar-refractivity contribution in [3.8, 4) is 11.3 Å². The van der Waals surface area contributed by atoms with Crippen molar-refractivity contribution in [3.63, 3.8) is 0 Å². The molecular formula is C23H19FN6O5. The van der Waals surface area contributed by atoms with E-state index in [0.29, 0.717) is 22.3 Å². The van der Waals surface area contributed by atoms with E-state index in [4.69, 9.17) is 9.26 Å². The predicted octanol–water partition coefficient (Wildman–Crippen LogP) is 1.94. The molecule has 1 aromatic carbocycles. The maximum Gasteiger partial charge on any atom is 0.339 e. The Morgan fingerprint density at radius 2 is 1.89 bits per heavy atom. The first-order chi connectivity index (χ1) is 16.8. The number of pyridine rings is 1. The summed E-state index contributed by atoms with van der Waals surface area (Å²) in [4.78, 5) is 46.3. The molecule has 0 saturated carbocycles. The van der Waals surface area contributed by atoms with E-state index in [0.717, 1.165) is 4.57 Å². The molecule has 0 amide bonds. The molecule has 4 aromatic heterocycles. The summed E-state index contributed by atoms with van der Waals surface area (Å²) in [5, 5.41) is 4.31. The normalized spacial score (nSPS) is 11.4. The van der Waals surface area contributed by atoms with Crippen molar-refractivity contribution in [1.82, 2.24) is 28.8 Å². The Morgan fingerprint density at radius 3 is 2.63 bits per heavy atom. The van der Waals surface area contributed by atoms with Crippen molar-refractivity contribution < 1.29 is 18.4 Å². The lowest BCUT2D eigenvalue weighted by molar-refractivity contribution is 0.0494. The number of carbonyl (C=O) groups excluding carboxylic acids is 1. The maximum atomic E-state index is 13.3. The number of nitrogens with zero attached hydrogens (tertiary/aromatic N) is 6. The van der Waals surface area contributed by atoms with E-state index < -0.39 is 23.0 Å². The summed E-state index contributed by atoms with van der Waals surface area (Å²) in [5.74, 6) is -1.04. The summed E-state index contributed by atoms with van der Waals surface area (Å²) in [7, 11) is 2.91. The van der Waals surface area contributed by atoms with Gasteiger partial charge in [-0.05, 0) is 37.3 Å². The van der Waals surface area contributed by atoms with Gasteiger partial charge in [0.1, 0.15) is 12.4 Å². The Balaban J connectivity index is 1.44. The molecule has 178 valence electrons. The Bertz CT molecular complexity index is 1730. The van der Waals surface area contributed by atoms with Crippen LogP contribution in [0.2, 0.25) is 0 Å². The van der Waals surface area contributed by atoms with Gasteiger partial charge in [0, 0.05) is 19.7 Å². The summed E-state index contributed by atoms with van der Waals surface area (Å²) in [6.07, 6.45) is 1.42. The Hall–Kier alpha value is -4.61. The van der Waals surface area contributed by atoms with Gasteiger partial charge in [-0.1, -0.05) is 5.16 Å². The smallest absolute Gasteiger partial charge is 0.339 e. The second-order valence-corrected chi connectivity index (χ2v) is 7.96. The van der Waals surface area contributed by atoms with Crippen LogP contribution in [0, 0.1) is 12.7 Å². The molecule has 0 atom stereocenters. The second-order valence-electron chi connectivity index (χ2n) is 7.96. The lowest BCUT2D eigenvalue weighted by Gasteiger charge is -2.09. The van der Waals surface area contributed by atoms with Crippen molar-refractivity contribution in [2.45, 2.75) is 13.5 Å². The number of rotatable bonds is 5. The van der Waals surface area contributed by atoms with Crippen LogP contribution < -0.4 is 11.2 Å². The summed E-state index contributed by atoms with van der Waals surface area (Å²) in [5.41, 5.74) is 1.29.